The van der Waals surface area contributed by atoms with Crippen LogP contribution in [0.3, 0.4) is 0 Å². The summed E-state index contributed by atoms with van der Waals surface area (Å²) in [5, 5.41) is 22.0. The van der Waals surface area contributed by atoms with Crippen LogP contribution in [0, 0.1) is 22.7 Å². The fourth-order valence-electron chi connectivity index (χ4n) is 1.67. The van der Waals surface area contributed by atoms with E-state index in [2.05, 4.69) is 15.1 Å². The molecule has 0 saturated carbocycles. The number of imidazole rings is 1. The minimum Gasteiger partial charge on any atom is -0.314 e. The van der Waals surface area contributed by atoms with Gasteiger partial charge in [0.2, 0.25) is 0 Å². The van der Waals surface area contributed by atoms with E-state index >= 15 is 0 Å². The first-order valence-corrected chi connectivity index (χ1v) is 5.41. The van der Waals surface area contributed by atoms with Crippen LogP contribution < -0.4 is 0 Å². The van der Waals surface area contributed by atoms with Crippen molar-refractivity contribution in [1.29, 1.82) is 10.5 Å². The van der Waals surface area contributed by atoms with Crippen molar-refractivity contribution in [2.75, 3.05) is 0 Å². The van der Waals surface area contributed by atoms with Gasteiger partial charge in [-0.25, -0.2) is 14.6 Å². The molecule has 90 valence electrons. The number of aromatic nitrogens is 5. The summed E-state index contributed by atoms with van der Waals surface area (Å²) < 4.78 is 3.37. The van der Waals surface area contributed by atoms with E-state index in [0.717, 1.165) is 5.82 Å². The van der Waals surface area contributed by atoms with E-state index in [0.29, 0.717) is 6.54 Å². The standard InChI is InChI=1S/C11H11N7/c1-8(2)18-11(14-6-16-18)5-17-7-15-9(3-12)10(17)4-13/h6-8H,5H2,1-2H3. The Kier molecular flexibility index (Phi) is 3.07. The van der Waals surface area contributed by atoms with Crippen LogP contribution >= 0.6 is 0 Å². The highest BCUT2D eigenvalue weighted by Gasteiger charge is 2.13. The fraction of sp³-hybridized carbons (Fsp3) is 0.364. The van der Waals surface area contributed by atoms with E-state index in [-0.39, 0.29) is 17.4 Å². The topological polar surface area (TPSA) is 96.1 Å². The molecule has 2 aromatic rings. The van der Waals surface area contributed by atoms with Crippen LogP contribution in [0.5, 0.6) is 0 Å². The molecule has 2 heterocycles. The molecule has 0 spiro atoms. The summed E-state index contributed by atoms with van der Waals surface area (Å²) in [6, 6.07) is 4.05. The van der Waals surface area contributed by atoms with Crippen LogP contribution in [0.15, 0.2) is 12.7 Å². The molecular formula is C11H11N7. The molecular weight excluding hydrogens is 230 g/mol. The lowest BCUT2D eigenvalue weighted by atomic mass is 10.3. The minimum atomic E-state index is 0.133. The Hall–Kier alpha value is -2.67. The number of hydrogen-bond acceptors (Lipinski definition) is 5. The molecule has 7 heteroatoms. The Labute approximate surface area is 104 Å². The zero-order chi connectivity index (χ0) is 13.1. The average Bonchev–Trinajstić information content (AvgIpc) is 2.95. The predicted octanol–water partition coefficient (Wildman–Crippen LogP) is 0.847. The molecule has 0 fully saturated rings. The lowest BCUT2D eigenvalue weighted by molar-refractivity contribution is 0.495. The van der Waals surface area contributed by atoms with Gasteiger partial charge in [0, 0.05) is 6.04 Å². The summed E-state index contributed by atoms with van der Waals surface area (Å²) in [6.07, 6.45) is 2.94. The maximum absolute atomic E-state index is 9.02. The fourth-order valence-corrected chi connectivity index (χ4v) is 1.67. The Balaban J connectivity index is 2.36. The van der Waals surface area contributed by atoms with Crippen molar-refractivity contribution in [1.82, 2.24) is 24.3 Å². The molecule has 2 aromatic heterocycles. The van der Waals surface area contributed by atoms with Crippen molar-refractivity contribution in [2.24, 2.45) is 0 Å². The molecule has 0 saturated heterocycles. The van der Waals surface area contributed by atoms with Gasteiger partial charge >= 0.3 is 0 Å². The second kappa shape index (κ2) is 4.68. The Morgan fingerprint density at radius 3 is 2.67 bits per heavy atom. The molecule has 0 N–H and O–H groups in total. The van der Waals surface area contributed by atoms with Crippen molar-refractivity contribution >= 4 is 0 Å². The van der Waals surface area contributed by atoms with E-state index in [1.807, 2.05) is 26.0 Å². The Morgan fingerprint density at radius 2 is 2.06 bits per heavy atom. The van der Waals surface area contributed by atoms with Crippen LogP contribution in [0.1, 0.15) is 37.1 Å². The maximum Gasteiger partial charge on any atom is 0.176 e. The van der Waals surface area contributed by atoms with Crippen LogP contribution in [0.25, 0.3) is 0 Å². The molecule has 7 nitrogen and oxygen atoms in total. The quantitative estimate of drug-likeness (QED) is 0.793. The molecule has 0 aliphatic carbocycles. The summed E-state index contributed by atoms with van der Waals surface area (Å²) in [7, 11) is 0. The van der Waals surface area contributed by atoms with Gasteiger partial charge in [-0.3, -0.25) is 0 Å². The van der Waals surface area contributed by atoms with Crippen molar-refractivity contribution in [3.8, 4) is 12.1 Å². The van der Waals surface area contributed by atoms with Gasteiger partial charge in [0.1, 0.15) is 24.3 Å². The highest BCUT2D eigenvalue weighted by Crippen LogP contribution is 2.10. The highest BCUT2D eigenvalue weighted by atomic mass is 15.4. The molecule has 0 unspecified atom stereocenters. The van der Waals surface area contributed by atoms with Crippen molar-refractivity contribution in [3.05, 3.63) is 29.9 Å². The molecule has 0 aliphatic rings. The monoisotopic (exact) mass is 241 g/mol. The summed E-state index contributed by atoms with van der Waals surface area (Å²) in [6.45, 7) is 4.37. The van der Waals surface area contributed by atoms with Crippen molar-refractivity contribution in [3.63, 3.8) is 0 Å². The van der Waals surface area contributed by atoms with E-state index in [1.165, 1.54) is 12.7 Å². The zero-order valence-electron chi connectivity index (χ0n) is 10.1. The Bertz CT molecular complexity index is 635. The summed E-state index contributed by atoms with van der Waals surface area (Å²) in [5.74, 6) is 0.725. The molecule has 0 bridgehead atoms. The molecule has 0 aliphatic heterocycles. The lowest BCUT2D eigenvalue weighted by Crippen LogP contribution is -2.12. The largest absolute Gasteiger partial charge is 0.314 e. The van der Waals surface area contributed by atoms with Gasteiger partial charge in [-0.15, -0.1) is 0 Å². The molecule has 0 amide bonds. The number of nitrogens with zero attached hydrogens (tertiary/aromatic N) is 7. The normalized spacial score (nSPS) is 10.3. The van der Waals surface area contributed by atoms with Crippen molar-refractivity contribution < 1.29 is 0 Å². The molecule has 2 rings (SSSR count). The van der Waals surface area contributed by atoms with Gasteiger partial charge in [0.05, 0.1) is 12.9 Å². The van der Waals surface area contributed by atoms with Crippen LogP contribution in [-0.4, -0.2) is 24.3 Å². The Morgan fingerprint density at radius 1 is 1.28 bits per heavy atom. The van der Waals surface area contributed by atoms with Gasteiger partial charge in [-0.1, -0.05) is 0 Å². The van der Waals surface area contributed by atoms with E-state index in [4.69, 9.17) is 10.5 Å². The molecule has 0 aromatic carbocycles. The van der Waals surface area contributed by atoms with Gasteiger partial charge in [0.25, 0.3) is 0 Å². The third-order valence-corrected chi connectivity index (χ3v) is 2.50. The second-order valence-electron chi connectivity index (χ2n) is 4.01. The highest BCUT2D eigenvalue weighted by molar-refractivity contribution is 5.36. The predicted molar refractivity (Wildman–Crippen MR) is 61.2 cm³/mol. The smallest absolute Gasteiger partial charge is 0.176 e. The van der Waals surface area contributed by atoms with Gasteiger partial charge in [-0.2, -0.15) is 15.6 Å². The SMILES string of the molecule is CC(C)n1ncnc1Cn1cnc(C#N)c1C#N. The van der Waals surface area contributed by atoms with Gasteiger partial charge in [-0.05, 0) is 13.8 Å². The van der Waals surface area contributed by atoms with Crippen LogP contribution in [0.2, 0.25) is 0 Å². The zero-order valence-corrected chi connectivity index (χ0v) is 10.1. The van der Waals surface area contributed by atoms with Crippen LogP contribution in [-0.2, 0) is 6.54 Å². The first kappa shape index (κ1) is 11.8. The van der Waals surface area contributed by atoms with E-state index in [1.54, 1.807) is 9.25 Å². The first-order chi connectivity index (χ1) is 8.67. The minimum absolute atomic E-state index is 0.133. The van der Waals surface area contributed by atoms with E-state index in [9.17, 15) is 0 Å². The summed E-state index contributed by atoms with van der Waals surface area (Å²) >= 11 is 0. The third kappa shape index (κ3) is 1.94. The second-order valence-corrected chi connectivity index (χ2v) is 4.01. The van der Waals surface area contributed by atoms with Gasteiger partial charge in [0.15, 0.2) is 11.4 Å². The van der Waals surface area contributed by atoms with Crippen molar-refractivity contribution in [2.45, 2.75) is 26.4 Å². The summed E-state index contributed by atoms with van der Waals surface area (Å²) in [5.41, 5.74) is 0.379. The van der Waals surface area contributed by atoms with Crippen LogP contribution in [0.4, 0.5) is 0 Å². The first-order valence-electron chi connectivity index (χ1n) is 5.41. The maximum atomic E-state index is 9.02. The molecule has 0 atom stereocenters. The third-order valence-electron chi connectivity index (χ3n) is 2.50. The number of nitriles is 2. The molecule has 0 radical (unpaired) electrons. The summed E-state index contributed by atoms with van der Waals surface area (Å²) in [4.78, 5) is 8.04. The number of rotatable bonds is 3. The van der Waals surface area contributed by atoms with E-state index < -0.39 is 0 Å². The molecule has 18 heavy (non-hydrogen) atoms. The number of hydrogen-bond donors (Lipinski definition) is 0. The van der Waals surface area contributed by atoms with Gasteiger partial charge < -0.3 is 4.57 Å². The lowest BCUT2D eigenvalue weighted by Gasteiger charge is -2.09. The average molecular weight is 241 g/mol.